The first-order chi connectivity index (χ1) is 13.3. The minimum Gasteiger partial charge on any atom is -0.339 e. The number of benzene rings is 2. The summed E-state index contributed by atoms with van der Waals surface area (Å²) >= 11 is 0. The predicted octanol–water partition coefficient (Wildman–Crippen LogP) is 3.24. The highest BCUT2D eigenvalue weighted by molar-refractivity contribution is 5.78. The van der Waals surface area contributed by atoms with Gasteiger partial charge in [0.25, 0.3) is 0 Å². The summed E-state index contributed by atoms with van der Waals surface area (Å²) in [7, 11) is 2.05. The van der Waals surface area contributed by atoms with Gasteiger partial charge in [-0.2, -0.15) is 13.2 Å². The Morgan fingerprint density at radius 3 is 2.00 bits per heavy atom. The molecular weight excluding hydrogens is 367 g/mol. The molecule has 0 aromatic heterocycles. The van der Waals surface area contributed by atoms with Crippen LogP contribution < -0.4 is 5.32 Å². The van der Waals surface area contributed by atoms with E-state index in [1.54, 1.807) is 0 Å². The normalized spacial score (nSPS) is 15.6. The first kappa shape index (κ1) is 20.4. The van der Waals surface area contributed by atoms with Crippen LogP contribution in [0.15, 0.2) is 48.5 Å². The molecule has 0 saturated carbocycles. The molecule has 2 aromatic carbocycles. The molecule has 1 aliphatic rings. The summed E-state index contributed by atoms with van der Waals surface area (Å²) in [6.07, 6.45) is -4.32. The number of nitrogens with one attached hydrogen (secondary N) is 1. The summed E-state index contributed by atoms with van der Waals surface area (Å²) in [6.45, 7) is 4.18. The maximum absolute atomic E-state index is 12.7. The van der Waals surface area contributed by atoms with Crippen LogP contribution in [0.1, 0.15) is 11.1 Å². The predicted molar refractivity (Wildman–Crippen MR) is 103 cm³/mol. The summed E-state index contributed by atoms with van der Waals surface area (Å²) < 4.78 is 38.0. The second-order valence-corrected chi connectivity index (χ2v) is 7.06. The Morgan fingerprint density at radius 2 is 1.46 bits per heavy atom. The average Bonchev–Trinajstić information content (AvgIpc) is 2.68. The van der Waals surface area contributed by atoms with E-state index < -0.39 is 11.7 Å². The van der Waals surface area contributed by atoms with Crippen molar-refractivity contribution in [3.05, 3.63) is 59.7 Å². The third-order valence-corrected chi connectivity index (χ3v) is 4.96. The van der Waals surface area contributed by atoms with Gasteiger partial charge in [-0.3, -0.25) is 4.79 Å². The minimum absolute atomic E-state index is 0.106. The molecule has 28 heavy (non-hydrogen) atoms. The van der Waals surface area contributed by atoms with Crippen molar-refractivity contribution in [2.24, 2.45) is 0 Å². The molecular formula is C21H24F3N3O. The monoisotopic (exact) mass is 391 g/mol. The lowest BCUT2D eigenvalue weighted by molar-refractivity contribution is -0.137. The van der Waals surface area contributed by atoms with Crippen molar-refractivity contribution in [1.82, 2.24) is 15.1 Å². The van der Waals surface area contributed by atoms with Gasteiger partial charge < -0.3 is 15.1 Å². The van der Waals surface area contributed by atoms with Gasteiger partial charge in [-0.15, -0.1) is 0 Å². The molecule has 1 fully saturated rings. The maximum atomic E-state index is 12.7. The Morgan fingerprint density at radius 1 is 0.929 bits per heavy atom. The molecule has 0 radical (unpaired) electrons. The lowest BCUT2D eigenvalue weighted by atomic mass is 10.0. The Balaban J connectivity index is 1.50. The van der Waals surface area contributed by atoms with Crippen LogP contribution in [0.4, 0.5) is 13.2 Å². The number of hydrogen-bond donors (Lipinski definition) is 1. The van der Waals surface area contributed by atoms with Crippen molar-refractivity contribution < 1.29 is 18.0 Å². The number of amides is 1. The van der Waals surface area contributed by atoms with Crippen molar-refractivity contribution >= 4 is 5.91 Å². The molecule has 0 spiro atoms. The molecule has 1 aliphatic heterocycles. The molecule has 1 N–H and O–H groups in total. The standard InChI is InChI=1S/C21H24F3N3O/c1-26-10-12-27(13-11-26)20(28)15-25-14-16-2-4-17(5-3-16)18-6-8-19(9-7-18)21(22,23)24/h2-9,25H,10-15H2,1H3. The van der Waals surface area contributed by atoms with Crippen LogP contribution in [0.2, 0.25) is 0 Å². The van der Waals surface area contributed by atoms with E-state index in [0.717, 1.165) is 55.0 Å². The van der Waals surface area contributed by atoms with E-state index in [0.29, 0.717) is 13.1 Å². The minimum atomic E-state index is -4.32. The molecule has 2 aromatic rings. The van der Waals surface area contributed by atoms with Crippen LogP contribution >= 0.6 is 0 Å². The van der Waals surface area contributed by atoms with Gasteiger partial charge in [0.2, 0.25) is 5.91 Å². The number of rotatable bonds is 5. The van der Waals surface area contributed by atoms with Gasteiger partial charge >= 0.3 is 6.18 Å². The van der Waals surface area contributed by atoms with Crippen molar-refractivity contribution in [2.45, 2.75) is 12.7 Å². The molecule has 150 valence electrons. The van der Waals surface area contributed by atoms with Gasteiger partial charge in [-0.25, -0.2) is 0 Å². The topological polar surface area (TPSA) is 35.6 Å². The highest BCUT2D eigenvalue weighted by Crippen LogP contribution is 2.31. The van der Waals surface area contributed by atoms with Gasteiger partial charge in [0.05, 0.1) is 12.1 Å². The summed E-state index contributed by atoms with van der Waals surface area (Å²) in [6, 6.07) is 12.7. The van der Waals surface area contributed by atoms with E-state index in [2.05, 4.69) is 17.3 Å². The number of carbonyl (C=O) groups excluding carboxylic acids is 1. The van der Waals surface area contributed by atoms with E-state index in [9.17, 15) is 18.0 Å². The van der Waals surface area contributed by atoms with Crippen LogP contribution in [0.5, 0.6) is 0 Å². The third-order valence-electron chi connectivity index (χ3n) is 4.96. The van der Waals surface area contributed by atoms with Crippen LogP contribution in [0.3, 0.4) is 0 Å². The van der Waals surface area contributed by atoms with E-state index in [4.69, 9.17) is 0 Å². The van der Waals surface area contributed by atoms with Crippen LogP contribution in [0, 0.1) is 0 Å². The summed E-state index contributed by atoms with van der Waals surface area (Å²) in [5.41, 5.74) is 1.95. The van der Waals surface area contributed by atoms with Crippen molar-refractivity contribution in [3.63, 3.8) is 0 Å². The van der Waals surface area contributed by atoms with Gasteiger partial charge in [-0.1, -0.05) is 36.4 Å². The van der Waals surface area contributed by atoms with E-state index in [1.165, 1.54) is 12.1 Å². The molecule has 1 amide bonds. The number of nitrogens with zero attached hydrogens (tertiary/aromatic N) is 2. The Hall–Kier alpha value is -2.38. The quantitative estimate of drug-likeness (QED) is 0.850. The van der Waals surface area contributed by atoms with Crippen LogP contribution in [-0.2, 0) is 17.5 Å². The molecule has 0 aliphatic carbocycles. The fourth-order valence-electron chi connectivity index (χ4n) is 3.15. The van der Waals surface area contributed by atoms with Crippen molar-refractivity contribution in [2.75, 3.05) is 39.8 Å². The smallest absolute Gasteiger partial charge is 0.339 e. The zero-order valence-corrected chi connectivity index (χ0v) is 15.8. The Labute approximate surface area is 162 Å². The fraction of sp³-hybridized carbons (Fsp3) is 0.381. The first-order valence-electron chi connectivity index (χ1n) is 9.26. The van der Waals surface area contributed by atoms with E-state index >= 15 is 0 Å². The maximum Gasteiger partial charge on any atom is 0.416 e. The highest BCUT2D eigenvalue weighted by atomic mass is 19.4. The summed E-state index contributed by atoms with van der Waals surface area (Å²) in [5, 5.41) is 3.16. The molecule has 3 rings (SSSR count). The number of likely N-dealkylation sites (N-methyl/N-ethyl adjacent to an activating group) is 1. The van der Waals surface area contributed by atoms with Crippen molar-refractivity contribution in [3.8, 4) is 11.1 Å². The molecule has 0 unspecified atom stereocenters. The number of carbonyl (C=O) groups is 1. The fourth-order valence-corrected chi connectivity index (χ4v) is 3.15. The zero-order valence-electron chi connectivity index (χ0n) is 15.8. The largest absolute Gasteiger partial charge is 0.416 e. The van der Waals surface area contributed by atoms with Gasteiger partial charge in [0.1, 0.15) is 0 Å². The molecule has 1 saturated heterocycles. The summed E-state index contributed by atoms with van der Waals surface area (Å²) in [4.78, 5) is 16.3. The van der Waals surface area contributed by atoms with Crippen LogP contribution in [-0.4, -0.2) is 55.5 Å². The summed E-state index contributed by atoms with van der Waals surface area (Å²) in [5.74, 6) is 0.106. The SMILES string of the molecule is CN1CCN(C(=O)CNCc2ccc(-c3ccc(C(F)(F)F)cc3)cc2)CC1. The molecule has 0 atom stereocenters. The lowest BCUT2D eigenvalue weighted by Gasteiger charge is -2.32. The Bertz CT molecular complexity index is 780. The van der Waals surface area contributed by atoms with E-state index in [1.807, 2.05) is 29.2 Å². The first-order valence-corrected chi connectivity index (χ1v) is 9.26. The zero-order chi connectivity index (χ0) is 20.1. The van der Waals surface area contributed by atoms with Crippen LogP contribution in [0.25, 0.3) is 11.1 Å². The Kier molecular flexibility index (Phi) is 6.36. The number of piperazine rings is 1. The van der Waals surface area contributed by atoms with Crippen molar-refractivity contribution in [1.29, 1.82) is 0 Å². The highest BCUT2D eigenvalue weighted by Gasteiger charge is 2.29. The second-order valence-electron chi connectivity index (χ2n) is 7.06. The molecule has 7 heteroatoms. The van der Waals surface area contributed by atoms with E-state index in [-0.39, 0.29) is 5.91 Å². The van der Waals surface area contributed by atoms with Gasteiger partial charge in [-0.05, 0) is 35.9 Å². The molecule has 4 nitrogen and oxygen atoms in total. The second kappa shape index (κ2) is 8.75. The average molecular weight is 391 g/mol. The van der Waals surface area contributed by atoms with Gasteiger partial charge in [0.15, 0.2) is 0 Å². The number of halogens is 3. The lowest BCUT2D eigenvalue weighted by Crippen LogP contribution is -2.49. The molecule has 0 bridgehead atoms. The van der Waals surface area contributed by atoms with Gasteiger partial charge in [0, 0.05) is 32.7 Å². The number of alkyl halides is 3. The number of hydrogen-bond acceptors (Lipinski definition) is 3. The third kappa shape index (κ3) is 5.33. The molecule has 1 heterocycles.